The second-order valence-corrected chi connectivity index (χ2v) is 5.81. The van der Waals surface area contributed by atoms with Crippen LogP contribution in [0.3, 0.4) is 0 Å². The molecule has 0 spiro atoms. The van der Waals surface area contributed by atoms with E-state index in [9.17, 15) is 4.79 Å². The summed E-state index contributed by atoms with van der Waals surface area (Å²) in [5, 5.41) is 12.4. The summed E-state index contributed by atoms with van der Waals surface area (Å²) in [6.45, 7) is 1.70. The number of aliphatic hydroxyl groups is 1. The molecule has 1 aromatic rings. The van der Waals surface area contributed by atoms with Gasteiger partial charge in [0.1, 0.15) is 0 Å². The minimum atomic E-state index is -0.0521. The van der Waals surface area contributed by atoms with E-state index in [4.69, 9.17) is 22.4 Å². The van der Waals surface area contributed by atoms with Crippen LogP contribution in [0, 0.1) is 0 Å². The molecule has 0 heterocycles. The van der Waals surface area contributed by atoms with E-state index in [0.29, 0.717) is 35.4 Å². The van der Waals surface area contributed by atoms with Gasteiger partial charge in [0, 0.05) is 24.0 Å². The SMILES string of the molecule is Nc1cc(Cl)ccc1NC(=O)CCCN(CCO)C1CC1. The maximum absolute atomic E-state index is 11.9. The van der Waals surface area contributed by atoms with Crippen molar-refractivity contribution in [1.82, 2.24) is 4.90 Å². The summed E-state index contributed by atoms with van der Waals surface area (Å²) >= 11 is 5.82. The van der Waals surface area contributed by atoms with Crippen LogP contribution in [0.4, 0.5) is 11.4 Å². The molecule has 0 atom stereocenters. The van der Waals surface area contributed by atoms with Crippen molar-refractivity contribution in [2.75, 3.05) is 30.7 Å². The fourth-order valence-corrected chi connectivity index (χ4v) is 2.53. The summed E-state index contributed by atoms with van der Waals surface area (Å²) in [7, 11) is 0. The number of nitrogens with zero attached hydrogens (tertiary/aromatic N) is 1. The molecule has 0 radical (unpaired) electrons. The molecule has 0 aromatic heterocycles. The van der Waals surface area contributed by atoms with Gasteiger partial charge >= 0.3 is 0 Å². The minimum absolute atomic E-state index is 0.0521. The van der Waals surface area contributed by atoms with E-state index in [2.05, 4.69) is 10.2 Å². The highest BCUT2D eigenvalue weighted by molar-refractivity contribution is 6.31. The number of anilines is 2. The molecule has 116 valence electrons. The molecule has 0 saturated heterocycles. The molecule has 0 aliphatic heterocycles. The molecule has 4 N–H and O–H groups in total. The lowest BCUT2D eigenvalue weighted by Gasteiger charge is -2.20. The number of benzene rings is 1. The zero-order chi connectivity index (χ0) is 15.2. The number of carbonyl (C=O) groups is 1. The number of hydrogen-bond acceptors (Lipinski definition) is 4. The van der Waals surface area contributed by atoms with Crippen molar-refractivity contribution in [2.45, 2.75) is 31.7 Å². The first-order valence-electron chi connectivity index (χ1n) is 7.30. The monoisotopic (exact) mass is 311 g/mol. The first kappa shape index (κ1) is 16.1. The Kier molecular flexibility index (Phi) is 5.85. The van der Waals surface area contributed by atoms with Crippen molar-refractivity contribution < 1.29 is 9.90 Å². The molecule has 5 nitrogen and oxygen atoms in total. The number of aliphatic hydroxyl groups excluding tert-OH is 1. The van der Waals surface area contributed by atoms with Crippen molar-refractivity contribution in [3.63, 3.8) is 0 Å². The van der Waals surface area contributed by atoms with E-state index < -0.39 is 0 Å². The Labute approximate surface area is 130 Å². The van der Waals surface area contributed by atoms with Gasteiger partial charge in [-0.2, -0.15) is 0 Å². The maximum atomic E-state index is 11.9. The normalized spacial score (nSPS) is 14.4. The Balaban J connectivity index is 1.74. The summed E-state index contributed by atoms with van der Waals surface area (Å²) in [4.78, 5) is 14.2. The molecule has 1 fully saturated rings. The fraction of sp³-hybridized carbons (Fsp3) is 0.533. The Bertz CT molecular complexity index is 492. The van der Waals surface area contributed by atoms with Crippen LogP contribution in [-0.4, -0.2) is 41.7 Å². The summed E-state index contributed by atoms with van der Waals surface area (Å²) < 4.78 is 0. The topological polar surface area (TPSA) is 78.6 Å². The summed E-state index contributed by atoms with van der Waals surface area (Å²) in [5.41, 5.74) is 6.86. The third-order valence-electron chi connectivity index (χ3n) is 3.59. The second-order valence-electron chi connectivity index (χ2n) is 5.37. The summed E-state index contributed by atoms with van der Waals surface area (Å²) in [6.07, 6.45) is 3.62. The molecule has 0 bridgehead atoms. The highest BCUT2D eigenvalue weighted by Crippen LogP contribution is 2.27. The smallest absolute Gasteiger partial charge is 0.224 e. The van der Waals surface area contributed by atoms with E-state index in [1.54, 1.807) is 18.2 Å². The number of amides is 1. The van der Waals surface area contributed by atoms with E-state index in [0.717, 1.165) is 13.0 Å². The van der Waals surface area contributed by atoms with Crippen molar-refractivity contribution >= 4 is 28.9 Å². The summed E-state index contributed by atoms with van der Waals surface area (Å²) in [5.74, 6) is -0.0521. The van der Waals surface area contributed by atoms with Gasteiger partial charge in [0.05, 0.1) is 18.0 Å². The van der Waals surface area contributed by atoms with Crippen LogP contribution in [0.2, 0.25) is 5.02 Å². The number of halogens is 1. The van der Waals surface area contributed by atoms with Crippen LogP contribution >= 0.6 is 11.6 Å². The molecule has 2 rings (SSSR count). The quantitative estimate of drug-likeness (QED) is 0.642. The number of nitrogen functional groups attached to an aromatic ring is 1. The summed E-state index contributed by atoms with van der Waals surface area (Å²) in [6, 6.07) is 5.63. The molecule has 21 heavy (non-hydrogen) atoms. The third-order valence-corrected chi connectivity index (χ3v) is 3.82. The van der Waals surface area contributed by atoms with Gasteiger partial charge in [-0.05, 0) is 44.0 Å². The van der Waals surface area contributed by atoms with Crippen LogP contribution in [0.15, 0.2) is 18.2 Å². The highest BCUT2D eigenvalue weighted by atomic mass is 35.5. The standard InChI is InChI=1S/C15H22ClN3O2/c16-11-3-6-14(13(17)10-11)18-15(21)2-1-7-19(8-9-20)12-4-5-12/h3,6,10,12,20H,1-2,4-5,7-9,17H2,(H,18,21). The lowest BCUT2D eigenvalue weighted by molar-refractivity contribution is -0.116. The predicted octanol–water partition coefficient (Wildman–Crippen LogP) is 2.10. The molecule has 1 aliphatic rings. The zero-order valence-corrected chi connectivity index (χ0v) is 12.8. The van der Waals surface area contributed by atoms with Crippen LogP contribution in [0.1, 0.15) is 25.7 Å². The first-order chi connectivity index (χ1) is 10.1. The molecule has 1 amide bonds. The van der Waals surface area contributed by atoms with E-state index in [1.807, 2.05) is 0 Å². The van der Waals surface area contributed by atoms with Gasteiger partial charge in [-0.1, -0.05) is 11.6 Å². The van der Waals surface area contributed by atoms with Crippen molar-refractivity contribution in [2.24, 2.45) is 0 Å². The minimum Gasteiger partial charge on any atom is -0.397 e. The zero-order valence-electron chi connectivity index (χ0n) is 12.0. The fourth-order valence-electron chi connectivity index (χ4n) is 2.35. The average molecular weight is 312 g/mol. The van der Waals surface area contributed by atoms with E-state index in [-0.39, 0.29) is 12.5 Å². The second kappa shape index (κ2) is 7.64. The first-order valence-corrected chi connectivity index (χ1v) is 7.67. The van der Waals surface area contributed by atoms with Crippen molar-refractivity contribution in [1.29, 1.82) is 0 Å². The molecular weight excluding hydrogens is 290 g/mol. The highest BCUT2D eigenvalue weighted by Gasteiger charge is 2.27. The third kappa shape index (κ3) is 5.19. The van der Waals surface area contributed by atoms with Crippen LogP contribution in [-0.2, 0) is 4.79 Å². The molecule has 1 aromatic carbocycles. The number of nitrogens with one attached hydrogen (secondary N) is 1. The van der Waals surface area contributed by atoms with Gasteiger partial charge in [0.2, 0.25) is 5.91 Å². The van der Waals surface area contributed by atoms with E-state index >= 15 is 0 Å². The Morgan fingerprint density at radius 1 is 1.43 bits per heavy atom. The van der Waals surface area contributed by atoms with Crippen molar-refractivity contribution in [3.8, 4) is 0 Å². The van der Waals surface area contributed by atoms with Gasteiger partial charge in [0.25, 0.3) is 0 Å². The largest absolute Gasteiger partial charge is 0.397 e. The van der Waals surface area contributed by atoms with Gasteiger partial charge in [-0.15, -0.1) is 0 Å². The van der Waals surface area contributed by atoms with Crippen LogP contribution < -0.4 is 11.1 Å². The van der Waals surface area contributed by atoms with Gasteiger partial charge in [-0.3, -0.25) is 9.69 Å². The van der Waals surface area contributed by atoms with E-state index in [1.165, 1.54) is 12.8 Å². The predicted molar refractivity (Wildman–Crippen MR) is 85.4 cm³/mol. The molecule has 1 aliphatic carbocycles. The number of nitrogens with two attached hydrogens (primary N) is 1. The van der Waals surface area contributed by atoms with Gasteiger partial charge < -0.3 is 16.2 Å². The Hall–Kier alpha value is -1.30. The Morgan fingerprint density at radius 3 is 2.81 bits per heavy atom. The average Bonchev–Trinajstić information content (AvgIpc) is 3.25. The number of carbonyl (C=O) groups excluding carboxylic acids is 1. The number of rotatable bonds is 8. The Morgan fingerprint density at radius 2 is 2.19 bits per heavy atom. The molecule has 1 saturated carbocycles. The molecular formula is C15H22ClN3O2. The lowest BCUT2D eigenvalue weighted by atomic mass is 10.2. The van der Waals surface area contributed by atoms with Crippen LogP contribution in [0.25, 0.3) is 0 Å². The maximum Gasteiger partial charge on any atom is 0.224 e. The van der Waals surface area contributed by atoms with Gasteiger partial charge in [-0.25, -0.2) is 0 Å². The molecule has 0 unspecified atom stereocenters. The number of hydrogen-bond donors (Lipinski definition) is 3. The van der Waals surface area contributed by atoms with Crippen LogP contribution in [0.5, 0.6) is 0 Å². The molecule has 6 heteroatoms. The van der Waals surface area contributed by atoms with Gasteiger partial charge in [0.15, 0.2) is 0 Å². The van der Waals surface area contributed by atoms with Crippen molar-refractivity contribution in [3.05, 3.63) is 23.2 Å². The lowest BCUT2D eigenvalue weighted by Crippen LogP contribution is -2.30.